The van der Waals surface area contributed by atoms with E-state index in [-0.39, 0.29) is 12.5 Å². The number of carbonyl (C=O) groups excluding carboxylic acids is 1. The molecule has 0 amide bonds. The fraction of sp³-hybridized carbons (Fsp3) is 0.100. The van der Waals surface area contributed by atoms with Crippen LogP contribution in [0.5, 0.6) is 5.75 Å². The third kappa shape index (κ3) is 2.54. The number of aldehydes is 1. The summed E-state index contributed by atoms with van der Waals surface area (Å²) in [6.45, 7) is 0.0964. The SMILES string of the molecule is O=Cc1ccc(OCc2nsc(=O)o2)cc1. The summed E-state index contributed by atoms with van der Waals surface area (Å²) < 4.78 is 13.8. The second-order valence-electron chi connectivity index (χ2n) is 2.90. The first-order valence-electron chi connectivity index (χ1n) is 4.41. The Morgan fingerprint density at radius 2 is 2.12 bits per heavy atom. The van der Waals surface area contributed by atoms with Gasteiger partial charge < -0.3 is 9.15 Å². The summed E-state index contributed by atoms with van der Waals surface area (Å²) in [5.74, 6) is 0.829. The molecule has 2 rings (SSSR count). The van der Waals surface area contributed by atoms with Crippen molar-refractivity contribution < 1.29 is 13.9 Å². The molecule has 1 aromatic carbocycles. The molecule has 0 saturated heterocycles. The number of carbonyl (C=O) groups is 1. The van der Waals surface area contributed by atoms with Crippen molar-refractivity contribution in [3.05, 3.63) is 45.5 Å². The maximum atomic E-state index is 10.7. The van der Waals surface area contributed by atoms with Crippen LogP contribution in [0.1, 0.15) is 16.2 Å². The Hall–Kier alpha value is -1.95. The van der Waals surface area contributed by atoms with Crippen LogP contribution in [0, 0.1) is 0 Å². The summed E-state index contributed by atoms with van der Waals surface area (Å²) in [5, 5.41) is 0. The highest BCUT2D eigenvalue weighted by Gasteiger charge is 2.02. The average molecular weight is 237 g/mol. The zero-order valence-electron chi connectivity index (χ0n) is 8.08. The van der Waals surface area contributed by atoms with E-state index in [4.69, 9.17) is 9.15 Å². The van der Waals surface area contributed by atoms with Gasteiger partial charge in [0.2, 0.25) is 5.89 Å². The first kappa shape index (κ1) is 10.6. The molecule has 0 radical (unpaired) electrons. The minimum atomic E-state index is -0.449. The molecule has 1 heterocycles. The van der Waals surface area contributed by atoms with E-state index in [9.17, 15) is 9.59 Å². The van der Waals surface area contributed by atoms with Crippen molar-refractivity contribution in [3.63, 3.8) is 0 Å². The second-order valence-corrected chi connectivity index (χ2v) is 3.60. The standard InChI is InChI=1S/C10H7NO4S/c12-5-7-1-3-8(4-2-7)14-6-9-11-16-10(13)15-9/h1-5H,6H2. The van der Waals surface area contributed by atoms with E-state index in [0.717, 1.165) is 17.8 Å². The molecule has 2 aromatic rings. The molecule has 6 heteroatoms. The molecule has 1 aromatic heterocycles. The average Bonchev–Trinajstić information content (AvgIpc) is 2.73. The molecular weight excluding hydrogens is 230 g/mol. The van der Waals surface area contributed by atoms with Crippen LogP contribution in [-0.2, 0) is 6.61 Å². The molecule has 16 heavy (non-hydrogen) atoms. The summed E-state index contributed by atoms with van der Waals surface area (Å²) >= 11 is 0.747. The normalized spacial score (nSPS) is 10.0. The maximum Gasteiger partial charge on any atom is 0.414 e. The maximum absolute atomic E-state index is 10.7. The lowest BCUT2D eigenvalue weighted by Crippen LogP contribution is -1.96. The van der Waals surface area contributed by atoms with Crippen LogP contribution < -0.4 is 9.68 Å². The zero-order chi connectivity index (χ0) is 11.4. The zero-order valence-corrected chi connectivity index (χ0v) is 8.90. The Morgan fingerprint density at radius 3 is 2.69 bits per heavy atom. The smallest absolute Gasteiger partial charge is 0.414 e. The van der Waals surface area contributed by atoms with E-state index in [0.29, 0.717) is 11.3 Å². The first-order chi connectivity index (χ1) is 7.78. The summed E-state index contributed by atoms with van der Waals surface area (Å²) in [6, 6.07) is 6.60. The van der Waals surface area contributed by atoms with Crippen LogP contribution in [-0.4, -0.2) is 10.7 Å². The molecular formula is C10H7NO4S. The Morgan fingerprint density at radius 1 is 1.38 bits per heavy atom. The summed E-state index contributed by atoms with van der Waals surface area (Å²) in [5.41, 5.74) is 0.576. The molecule has 82 valence electrons. The van der Waals surface area contributed by atoms with E-state index < -0.39 is 4.94 Å². The predicted molar refractivity (Wildman–Crippen MR) is 56.8 cm³/mol. The van der Waals surface area contributed by atoms with Gasteiger partial charge in [0.25, 0.3) is 0 Å². The van der Waals surface area contributed by atoms with Gasteiger partial charge in [0, 0.05) is 17.1 Å². The highest BCUT2D eigenvalue weighted by Crippen LogP contribution is 2.12. The number of rotatable bonds is 4. The monoisotopic (exact) mass is 237 g/mol. The molecule has 0 unspecified atom stereocenters. The van der Waals surface area contributed by atoms with Crippen LogP contribution in [0.3, 0.4) is 0 Å². The van der Waals surface area contributed by atoms with Crippen molar-refractivity contribution in [2.45, 2.75) is 6.61 Å². The number of aromatic nitrogens is 1. The van der Waals surface area contributed by atoms with Crippen LogP contribution in [0.25, 0.3) is 0 Å². The number of benzene rings is 1. The summed E-state index contributed by atoms with van der Waals surface area (Å²) in [4.78, 5) is 20.6. The third-order valence-electron chi connectivity index (χ3n) is 1.80. The Balaban J connectivity index is 1.99. The molecule has 0 atom stereocenters. The molecule has 5 nitrogen and oxygen atoms in total. The number of hydrogen-bond acceptors (Lipinski definition) is 6. The van der Waals surface area contributed by atoms with Gasteiger partial charge in [0.15, 0.2) is 6.61 Å². The lowest BCUT2D eigenvalue weighted by atomic mass is 10.2. The minimum absolute atomic E-state index is 0.0964. The molecule has 0 N–H and O–H groups in total. The van der Waals surface area contributed by atoms with Crippen LogP contribution in [0.4, 0.5) is 0 Å². The lowest BCUT2D eigenvalue weighted by molar-refractivity contribution is 0.112. The van der Waals surface area contributed by atoms with Crippen molar-refractivity contribution in [3.8, 4) is 5.75 Å². The molecule has 0 spiro atoms. The highest BCUT2D eigenvalue weighted by atomic mass is 32.1. The van der Waals surface area contributed by atoms with Gasteiger partial charge in [0.05, 0.1) is 0 Å². The van der Waals surface area contributed by atoms with E-state index in [2.05, 4.69) is 4.37 Å². The van der Waals surface area contributed by atoms with Gasteiger partial charge in [-0.15, -0.1) is 4.37 Å². The fourth-order valence-corrected chi connectivity index (χ4v) is 1.46. The topological polar surface area (TPSA) is 69.4 Å². The Bertz CT molecular complexity index is 528. The number of nitrogens with zero attached hydrogens (tertiary/aromatic N) is 1. The van der Waals surface area contributed by atoms with Crippen molar-refractivity contribution in [1.29, 1.82) is 0 Å². The number of ether oxygens (including phenoxy) is 1. The van der Waals surface area contributed by atoms with Gasteiger partial charge in [-0.2, -0.15) is 0 Å². The van der Waals surface area contributed by atoms with Crippen LogP contribution >= 0.6 is 11.5 Å². The van der Waals surface area contributed by atoms with Crippen molar-refractivity contribution in [2.24, 2.45) is 0 Å². The summed E-state index contributed by atoms with van der Waals surface area (Å²) in [7, 11) is 0. The van der Waals surface area contributed by atoms with Crippen LogP contribution in [0.15, 0.2) is 33.5 Å². The molecule has 0 saturated carbocycles. The van der Waals surface area contributed by atoms with Crippen molar-refractivity contribution in [2.75, 3.05) is 0 Å². The molecule has 0 bridgehead atoms. The van der Waals surface area contributed by atoms with Gasteiger partial charge in [-0.1, -0.05) is 0 Å². The quantitative estimate of drug-likeness (QED) is 0.753. The Kier molecular flexibility index (Phi) is 3.11. The van der Waals surface area contributed by atoms with Gasteiger partial charge in [-0.3, -0.25) is 4.79 Å². The van der Waals surface area contributed by atoms with E-state index in [1.807, 2.05) is 0 Å². The van der Waals surface area contributed by atoms with Gasteiger partial charge in [-0.25, -0.2) is 4.79 Å². The van der Waals surface area contributed by atoms with E-state index in [1.165, 1.54) is 0 Å². The van der Waals surface area contributed by atoms with E-state index in [1.54, 1.807) is 24.3 Å². The van der Waals surface area contributed by atoms with Gasteiger partial charge in [-0.05, 0) is 24.3 Å². The Labute approximate surface area is 94.5 Å². The lowest BCUT2D eigenvalue weighted by Gasteiger charge is -2.02. The summed E-state index contributed by atoms with van der Waals surface area (Å²) in [6.07, 6.45) is 0.753. The molecule has 0 aliphatic rings. The van der Waals surface area contributed by atoms with Gasteiger partial charge in [0.1, 0.15) is 12.0 Å². The third-order valence-corrected chi connectivity index (χ3v) is 2.33. The predicted octanol–water partition coefficient (Wildman–Crippen LogP) is 1.49. The second kappa shape index (κ2) is 4.71. The molecule has 0 aliphatic carbocycles. The van der Waals surface area contributed by atoms with Crippen molar-refractivity contribution in [1.82, 2.24) is 4.37 Å². The number of hydrogen-bond donors (Lipinski definition) is 0. The van der Waals surface area contributed by atoms with Crippen LogP contribution in [0.2, 0.25) is 0 Å². The minimum Gasteiger partial charge on any atom is -0.484 e. The van der Waals surface area contributed by atoms with E-state index >= 15 is 0 Å². The largest absolute Gasteiger partial charge is 0.484 e. The molecule has 0 fully saturated rings. The first-order valence-corrected chi connectivity index (χ1v) is 5.19. The highest BCUT2D eigenvalue weighted by molar-refractivity contribution is 7.02. The van der Waals surface area contributed by atoms with Gasteiger partial charge >= 0.3 is 4.94 Å². The fourth-order valence-electron chi connectivity index (χ4n) is 1.07. The molecule has 0 aliphatic heterocycles. The van der Waals surface area contributed by atoms with Crippen molar-refractivity contribution >= 4 is 17.8 Å².